The number of alkyl halides is 1. The lowest BCUT2D eigenvalue weighted by Gasteiger charge is -2.13. The van der Waals surface area contributed by atoms with Crippen molar-refractivity contribution in [2.24, 2.45) is 0 Å². The molecule has 4 atom stereocenters. The maximum atomic E-state index is 13.7. The quantitative estimate of drug-likeness (QED) is 0.0742. The van der Waals surface area contributed by atoms with Gasteiger partial charge >= 0.3 is 0 Å². The lowest BCUT2D eigenvalue weighted by Crippen LogP contribution is -2.19. The summed E-state index contributed by atoms with van der Waals surface area (Å²) in [5.74, 6) is 1.37. The van der Waals surface area contributed by atoms with Crippen LogP contribution in [0.15, 0.2) is 158 Å². The number of benzene rings is 5. The summed E-state index contributed by atoms with van der Waals surface area (Å²) in [5, 5.41) is 23.6. The maximum Gasteiger partial charge on any atom is 0.257 e. The molecule has 69 heavy (non-hydrogen) atoms. The predicted molar refractivity (Wildman–Crippen MR) is 270 cm³/mol. The van der Waals surface area contributed by atoms with Gasteiger partial charge in [0.1, 0.15) is 18.0 Å². The summed E-state index contributed by atoms with van der Waals surface area (Å²) in [5.41, 5.74) is 6.06. The Morgan fingerprint density at radius 1 is 0.609 bits per heavy atom. The van der Waals surface area contributed by atoms with Gasteiger partial charge in [-0.25, -0.2) is 14.1 Å². The number of pyridine rings is 1. The van der Waals surface area contributed by atoms with E-state index in [1.807, 2.05) is 60.8 Å². The summed E-state index contributed by atoms with van der Waals surface area (Å²) in [4.78, 5) is 40.9. The normalized spacial score (nSPS) is 18.2. The van der Waals surface area contributed by atoms with Crippen molar-refractivity contribution in [3.8, 4) is 11.6 Å². The first-order valence-corrected chi connectivity index (χ1v) is 23.5. The summed E-state index contributed by atoms with van der Waals surface area (Å²) < 4.78 is 21.2. The van der Waals surface area contributed by atoms with E-state index in [0.717, 1.165) is 49.6 Å². The van der Waals surface area contributed by atoms with Crippen molar-refractivity contribution >= 4 is 58.0 Å². The van der Waals surface area contributed by atoms with Crippen molar-refractivity contribution in [1.82, 2.24) is 30.7 Å². The molecule has 3 aliphatic rings. The highest BCUT2D eigenvalue weighted by molar-refractivity contribution is 6.31. The maximum absolute atomic E-state index is 13.7. The fraction of sp³-hybridized carbons (Fsp3) is 0.226. The van der Waals surface area contributed by atoms with Gasteiger partial charge in [-0.2, -0.15) is 5.10 Å². The van der Waals surface area contributed by atoms with Crippen LogP contribution in [0.2, 0.25) is 10.0 Å². The zero-order valence-electron chi connectivity index (χ0n) is 37.6. The van der Waals surface area contributed by atoms with Crippen molar-refractivity contribution < 1.29 is 23.5 Å². The zero-order chi connectivity index (χ0) is 48.0. The van der Waals surface area contributed by atoms with Gasteiger partial charge in [0.15, 0.2) is 5.82 Å². The van der Waals surface area contributed by atoms with Gasteiger partial charge in [-0.05, 0) is 146 Å². The number of rotatable bonds is 11. The summed E-state index contributed by atoms with van der Waals surface area (Å²) in [6.45, 7) is 5.00. The van der Waals surface area contributed by atoms with Crippen LogP contribution in [0.1, 0.15) is 66.9 Å². The van der Waals surface area contributed by atoms with Crippen LogP contribution in [0.3, 0.4) is 0 Å². The predicted octanol–water partition coefficient (Wildman–Crippen LogP) is 9.55. The molecule has 5 heterocycles. The Morgan fingerprint density at radius 2 is 1.20 bits per heavy atom. The zero-order valence-corrected chi connectivity index (χ0v) is 39.1. The van der Waals surface area contributed by atoms with Crippen LogP contribution in [0, 0.1) is 0 Å². The number of carbonyl (C=O) groups is 3. The second-order valence-corrected chi connectivity index (χ2v) is 17.6. The molecule has 4 unspecified atom stereocenters. The van der Waals surface area contributed by atoms with Gasteiger partial charge in [0.2, 0.25) is 0 Å². The van der Waals surface area contributed by atoms with E-state index in [9.17, 15) is 18.8 Å². The second kappa shape index (κ2) is 23.9. The van der Waals surface area contributed by atoms with E-state index in [1.165, 1.54) is 12.0 Å². The van der Waals surface area contributed by atoms with Crippen molar-refractivity contribution in [2.45, 2.75) is 37.0 Å². The fourth-order valence-electron chi connectivity index (χ4n) is 8.01. The Balaban J connectivity index is 0.000000140. The second-order valence-electron chi connectivity index (χ2n) is 16.7. The molecule has 5 aromatic carbocycles. The number of ether oxygens (including phenoxy) is 1. The molecule has 0 aliphatic carbocycles. The van der Waals surface area contributed by atoms with E-state index in [1.54, 1.807) is 89.9 Å². The van der Waals surface area contributed by atoms with Crippen LogP contribution < -0.4 is 36.6 Å². The highest BCUT2D eigenvalue weighted by Crippen LogP contribution is 2.27. The molecule has 0 saturated carbocycles. The van der Waals surface area contributed by atoms with Crippen LogP contribution in [0.4, 0.5) is 21.5 Å². The third kappa shape index (κ3) is 13.8. The number of anilines is 3. The van der Waals surface area contributed by atoms with Crippen LogP contribution in [0.5, 0.6) is 5.75 Å². The average molecular weight is 969 g/mol. The van der Waals surface area contributed by atoms with Crippen molar-refractivity contribution in [3.05, 3.63) is 196 Å². The third-order valence-corrected chi connectivity index (χ3v) is 12.3. The Morgan fingerprint density at radius 3 is 1.74 bits per heavy atom. The minimum absolute atomic E-state index is 0.110. The molecular weight excluding hydrogens is 917 g/mol. The number of halogens is 3. The van der Waals surface area contributed by atoms with E-state index in [2.05, 4.69) is 54.1 Å². The van der Waals surface area contributed by atoms with Crippen molar-refractivity contribution in [3.63, 3.8) is 0 Å². The first-order chi connectivity index (χ1) is 33.6. The topological polar surface area (TPSA) is 163 Å². The average Bonchev–Trinajstić information content (AvgIpc) is 4.24. The number of nitrogens with one attached hydrogen (secondary N) is 6. The number of hydrogen-bond acceptors (Lipinski definition) is 9. The van der Waals surface area contributed by atoms with E-state index < -0.39 is 6.17 Å². The highest BCUT2D eigenvalue weighted by Gasteiger charge is 2.28. The molecule has 3 amide bonds. The summed E-state index contributed by atoms with van der Waals surface area (Å²) >= 11 is 11.6. The molecule has 16 heteroatoms. The molecule has 354 valence electrons. The molecule has 3 fully saturated rings. The first kappa shape index (κ1) is 48.5. The molecule has 0 radical (unpaired) electrons. The molecular formula is C53H52Cl2FN9O4. The fourth-order valence-corrected chi connectivity index (χ4v) is 8.26. The molecule has 7 aromatic rings. The van der Waals surface area contributed by atoms with Crippen LogP contribution >= 0.6 is 23.2 Å². The van der Waals surface area contributed by atoms with Gasteiger partial charge in [-0.1, -0.05) is 53.5 Å². The number of nitrogens with zero attached hydrogens (tertiary/aromatic N) is 3. The molecule has 0 bridgehead atoms. The minimum atomic E-state index is -0.852. The molecule has 3 saturated heterocycles. The number of carbonyl (C=O) groups excluding carboxylic acids is 3. The Kier molecular flexibility index (Phi) is 16.8. The van der Waals surface area contributed by atoms with Gasteiger partial charge in [-0.15, -0.1) is 0 Å². The number of amides is 3. The summed E-state index contributed by atoms with van der Waals surface area (Å²) in [6, 6.07) is 41.7. The van der Waals surface area contributed by atoms with Crippen molar-refractivity contribution in [1.29, 1.82) is 0 Å². The summed E-state index contributed by atoms with van der Waals surface area (Å²) in [7, 11) is 0. The van der Waals surface area contributed by atoms with E-state index >= 15 is 0 Å². The first-order valence-electron chi connectivity index (χ1n) is 22.8. The van der Waals surface area contributed by atoms with Gasteiger partial charge in [0.25, 0.3) is 17.7 Å². The third-order valence-electron chi connectivity index (χ3n) is 11.8. The van der Waals surface area contributed by atoms with Crippen LogP contribution in [-0.2, 0) is 0 Å². The van der Waals surface area contributed by atoms with Gasteiger partial charge in [0, 0.05) is 95.0 Å². The SMILES string of the molecule is O=C(Nc1ccc(C2CCNC2)cc1)c1ccc(-n2cccn2)nc1.O=C(Nc1ccc(C2CNCC2F)cc1)c1ccc(Cl)cc1.O=C(Nc1cccc(OC2CCNC2)c1)c1ccc(Cl)cc1. The van der Waals surface area contributed by atoms with Gasteiger partial charge in [-0.3, -0.25) is 14.4 Å². The molecule has 2 aromatic heterocycles. The van der Waals surface area contributed by atoms with E-state index in [4.69, 9.17) is 27.9 Å². The minimum Gasteiger partial charge on any atom is -0.489 e. The molecule has 13 nitrogen and oxygen atoms in total. The van der Waals surface area contributed by atoms with E-state index in [0.29, 0.717) is 62.9 Å². The number of hydrogen-bond donors (Lipinski definition) is 6. The lowest BCUT2D eigenvalue weighted by molar-refractivity contribution is 0.101. The largest absolute Gasteiger partial charge is 0.489 e. The number of aromatic nitrogens is 3. The lowest BCUT2D eigenvalue weighted by atomic mass is 9.97. The van der Waals surface area contributed by atoms with Gasteiger partial charge in [0.05, 0.1) is 5.56 Å². The Labute approximate surface area is 410 Å². The van der Waals surface area contributed by atoms with Crippen LogP contribution in [-0.4, -0.2) is 84.0 Å². The Hall–Kier alpha value is -6.94. The molecule has 3 aliphatic heterocycles. The molecule has 6 N–H and O–H groups in total. The molecule has 10 rings (SSSR count). The van der Waals surface area contributed by atoms with E-state index in [-0.39, 0.29) is 29.7 Å². The monoisotopic (exact) mass is 967 g/mol. The molecule has 0 spiro atoms. The van der Waals surface area contributed by atoms with Gasteiger partial charge < -0.3 is 36.6 Å². The Bertz CT molecular complexity index is 2750. The summed E-state index contributed by atoms with van der Waals surface area (Å²) in [6.07, 6.45) is 6.57. The standard InChI is InChI=1S/C19H19N5O.C17H16ClFN2O.C17H17ClN2O2/c25-19(16-4-7-18(21-13-16)24-11-1-9-22-24)23-17-5-2-14(3-6-17)15-8-10-20-12-15;18-13-5-1-12(2-6-13)17(22)21-14-7-3-11(4-8-14)15-9-20-10-16(15)19;18-13-6-4-12(5-7-13)17(21)20-14-2-1-3-15(10-14)22-16-8-9-19-11-16/h1-7,9,11,13,15,20H,8,10,12H2,(H,23,25);1-8,15-16,20H,9-10H2,(H,21,22);1-7,10,16,19H,8-9,11H2,(H,20,21). The van der Waals surface area contributed by atoms with Crippen molar-refractivity contribution in [2.75, 3.05) is 55.2 Å². The highest BCUT2D eigenvalue weighted by atomic mass is 35.5. The smallest absolute Gasteiger partial charge is 0.257 e. The van der Waals surface area contributed by atoms with Crippen LogP contribution in [0.25, 0.3) is 5.82 Å².